The number of sulfone groups is 1. The van der Waals surface area contributed by atoms with Gasteiger partial charge in [0.25, 0.3) is 0 Å². The zero-order valence-corrected chi connectivity index (χ0v) is 18.3. The minimum atomic E-state index is -3.82. The van der Waals surface area contributed by atoms with Crippen molar-refractivity contribution >= 4 is 33.0 Å². The first-order valence-corrected chi connectivity index (χ1v) is 11.1. The van der Waals surface area contributed by atoms with Crippen molar-refractivity contribution in [1.82, 2.24) is 5.16 Å². The van der Waals surface area contributed by atoms with Crippen molar-refractivity contribution in [3.63, 3.8) is 0 Å². The van der Waals surface area contributed by atoms with E-state index in [4.69, 9.17) is 20.9 Å². The van der Waals surface area contributed by atoms with Gasteiger partial charge < -0.3 is 14.6 Å². The number of hydrogen-bond acceptors (Lipinski definition) is 6. The van der Waals surface area contributed by atoms with Gasteiger partial charge in [-0.3, -0.25) is 4.79 Å². The molecule has 0 aliphatic carbocycles. The van der Waals surface area contributed by atoms with E-state index in [0.717, 1.165) is 11.3 Å². The molecule has 3 rings (SSSR count). The van der Waals surface area contributed by atoms with Crippen LogP contribution in [0.5, 0.6) is 5.75 Å². The van der Waals surface area contributed by atoms with Gasteiger partial charge >= 0.3 is 0 Å². The molecule has 0 aliphatic rings. The van der Waals surface area contributed by atoms with Crippen LogP contribution < -0.4 is 10.1 Å². The molecule has 1 aromatic heterocycles. The highest BCUT2D eigenvalue weighted by Gasteiger charge is 2.23. The lowest BCUT2D eigenvalue weighted by molar-refractivity contribution is -0.115. The number of para-hydroxylation sites is 1. The number of aromatic nitrogens is 1. The Labute approximate surface area is 179 Å². The molecule has 3 aromatic rings. The zero-order chi connectivity index (χ0) is 21.9. The molecule has 1 heterocycles. The summed E-state index contributed by atoms with van der Waals surface area (Å²) in [4.78, 5) is 12.2. The summed E-state index contributed by atoms with van der Waals surface area (Å²) in [5.41, 5.74) is 2.54. The number of rotatable bonds is 7. The Hall–Kier alpha value is -2.84. The number of anilines is 1. The van der Waals surface area contributed by atoms with Crippen molar-refractivity contribution in [1.29, 1.82) is 0 Å². The van der Waals surface area contributed by atoms with E-state index in [0.29, 0.717) is 22.0 Å². The van der Waals surface area contributed by atoms with Gasteiger partial charge in [0.2, 0.25) is 5.91 Å². The molecule has 30 heavy (non-hydrogen) atoms. The molecule has 0 aliphatic heterocycles. The molecule has 9 heteroatoms. The number of aryl methyl sites for hydroxylation is 1. The Morgan fingerprint density at radius 3 is 2.57 bits per heavy atom. The molecule has 0 saturated heterocycles. The van der Waals surface area contributed by atoms with Crippen molar-refractivity contribution in [2.45, 2.75) is 25.2 Å². The highest BCUT2D eigenvalue weighted by Crippen LogP contribution is 2.33. The van der Waals surface area contributed by atoms with Crippen LogP contribution in [0.15, 0.2) is 51.9 Å². The summed E-state index contributed by atoms with van der Waals surface area (Å²) in [6.45, 7) is 3.65. The van der Waals surface area contributed by atoms with Crippen LogP contribution in [-0.2, 0) is 14.6 Å². The van der Waals surface area contributed by atoms with Gasteiger partial charge in [0.05, 0.1) is 29.3 Å². The Bertz CT molecular complexity index is 1190. The van der Waals surface area contributed by atoms with Crippen LogP contribution >= 0.6 is 11.6 Å². The Balaban J connectivity index is 1.82. The summed E-state index contributed by atoms with van der Waals surface area (Å²) in [5.74, 6) is -0.164. The van der Waals surface area contributed by atoms with Gasteiger partial charge in [-0.15, -0.1) is 0 Å². The van der Waals surface area contributed by atoms with Gasteiger partial charge in [-0.25, -0.2) is 8.42 Å². The maximum Gasteiger partial charge on any atom is 0.225 e. The first-order chi connectivity index (χ1) is 14.2. The number of nitrogens with zero attached hydrogens (tertiary/aromatic N) is 1. The van der Waals surface area contributed by atoms with E-state index >= 15 is 0 Å². The summed E-state index contributed by atoms with van der Waals surface area (Å²) in [7, 11) is -2.43. The number of hydrogen-bond donors (Lipinski definition) is 1. The summed E-state index contributed by atoms with van der Waals surface area (Å²) >= 11 is 6.02. The van der Waals surface area contributed by atoms with E-state index in [-0.39, 0.29) is 17.1 Å². The summed E-state index contributed by atoms with van der Waals surface area (Å²) < 4.78 is 36.5. The van der Waals surface area contributed by atoms with Crippen LogP contribution in [0.4, 0.5) is 5.69 Å². The maximum absolute atomic E-state index is 13.0. The molecule has 0 fully saturated rings. The first kappa shape index (κ1) is 21.9. The largest absolute Gasteiger partial charge is 0.495 e. The number of halogens is 1. The Kier molecular flexibility index (Phi) is 6.48. The van der Waals surface area contributed by atoms with E-state index in [2.05, 4.69) is 10.5 Å². The molecule has 1 amide bonds. The third kappa shape index (κ3) is 4.66. The smallest absolute Gasteiger partial charge is 0.225 e. The van der Waals surface area contributed by atoms with E-state index in [1.165, 1.54) is 13.2 Å². The van der Waals surface area contributed by atoms with Crippen LogP contribution in [-0.4, -0.2) is 32.3 Å². The van der Waals surface area contributed by atoms with Crippen molar-refractivity contribution in [3.8, 4) is 17.1 Å². The van der Waals surface area contributed by atoms with E-state index in [1.807, 2.05) is 6.92 Å². The SMILES string of the molecule is COc1ccc(-c2onc(C)c2C)cc1S(=O)(=O)CCC(=O)Nc1ccccc1Cl. The van der Waals surface area contributed by atoms with E-state index < -0.39 is 21.5 Å². The highest BCUT2D eigenvalue weighted by molar-refractivity contribution is 7.91. The number of ether oxygens (including phenoxy) is 1. The number of carbonyl (C=O) groups excluding carboxylic acids is 1. The molecule has 0 spiro atoms. The van der Waals surface area contributed by atoms with Crippen molar-refractivity contribution in [3.05, 3.63) is 58.7 Å². The number of benzene rings is 2. The van der Waals surface area contributed by atoms with Crippen molar-refractivity contribution in [2.75, 3.05) is 18.2 Å². The van der Waals surface area contributed by atoms with Gasteiger partial charge in [0.1, 0.15) is 10.6 Å². The average Bonchev–Trinajstić information content (AvgIpc) is 3.06. The third-order valence-corrected chi connectivity index (χ3v) is 6.72. The normalized spacial score (nSPS) is 11.3. The molecule has 1 N–H and O–H groups in total. The molecule has 2 aromatic carbocycles. The Morgan fingerprint density at radius 2 is 1.93 bits per heavy atom. The summed E-state index contributed by atoms with van der Waals surface area (Å²) in [6.07, 6.45) is -0.235. The van der Waals surface area contributed by atoms with Crippen LogP contribution in [0.3, 0.4) is 0 Å². The molecule has 0 unspecified atom stereocenters. The van der Waals surface area contributed by atoms with Crippen LogP contribution in [0.1, 0.15) is 17.7 Å². The molecular formula is C21H21ClN2O5S. The zero-order valence-electron chi connectivity index (χ0n) is 16.7. The van der Waals surface area contributed by atoms with E-state index in [9.17, 15) is 13.2 Å². The van der Waals surface area contributed by atoms with Gasteiger partial charge in [-0.1, -0.05) is 28.9 Å². The second kappa shape index (κ2) is 8.89. The Morgan fingerprint density at radius 1 is 1.20 bits per heavy atom. The summed E-state index contributed by atoms with van der Waals surface area (Å²) in [6, 6.07) is 11.5. The van der Waals surface area contributed by atoms with Gasteiger partial charge in [0, 0.05) is 17.5 Å². The van der Waals surface area contributed by atoms with Crippen LogP contribution in [0, 0.1) is 13.8 Å². The lowest BCUT2D eigenvalue weighted by Crippen LogP contribution is -2.18. The molecule has 0 radical (unpaired) electrons. The quantitative estimate of drug-likeness (QED) is 0.574. The fourth-order valence-electron chi connectivity index (χ4n) is 2.86. The van der Waals surface area contributed by atoms with Gasteiger partial charge in [-0.05, 0) is 44.2 Å². The molecule has 0 saturated carbocycles. The number of carbonyl (C=O) groups is 1. The molecule has 158 valence electrons. The first-order valence-electron chi connectivity index (χ1n) is 9.11. The standard InChI is InChI=1S/C21H21ClN2O5S/c1-13-14(2)24-29-21(13)15-8-9-18(28-3)19(12-15)30(26,27)11-10-20(25)23-17-7-5-4-6-16(17)22/h4-9,12H,10-11H2,1-3H3,(H,23,25). The molecular weight excluding hydrogens is 428 g/mol. The van der Waals surface area contributed by atoms with Crippen molar-refractivity contribution < 1.29 is 22.5 Å². The lowest BCUT2D eigenvalue weighted by atomic mass is 10.1. The fraction of sp³-hybridized carbons (Fsp3) is 0.238. The highest BCUT2D eigenvalue weighted by atomic mass is 35.5. The van der Waals surface area contributed by atoms with Crippen LogP contribution in [0.2, 0.25) is 5.02 Å². The fourth-order valence-corrected chi connectivity index (χ4v) is 4.48. The molecule has 0 atom stereocenters. The van der Waals surface area contributed by atoms with Crippen LogP contribution in [0.25, 0.3) is 11.3 Å². The minimum absolute atomic E-state index is 0.0125. The molecule has 0 bridgehead atoms. The van der Waals surface area contributed by atoms with E-state index in [1.54, 1.807) is 43.3 Å². The summed E-state index contributed by atoms with van der Waals surface area (Å²) in [5, 5.41) is 6.91. The maximum atomic E-state index is 13.0. The number of nitrogens with one attached hydrogen (secondary N) is 1. The third-order valence-electron chi connectivity index (χ3n) is 4.66. The minimum Gasteiger partial charge on any atom is -0.495 e. The second-order valence-corrected chi connectivity index (χ2v) is 9.17. The lowest BCUT2D eigenvalue weighted by Gasteiger charge is -2.12. The van der Waals surface area contributed by atoms with Gasteiger partial charge in [0.15, 0.2) is 15.6 Å². The predicted octanol–water partition coefficient (Wildman–Crippen LogP) is 4.42. The van der Waals surface area contributed by atoms with Gasteiger partial charge in [-0.2, -0.15) is 0 Å². The molecule has 7 nitrogen and oxygen atoms in total. The average molecular weight is 449 g/mol. The monoisotopic (exact) mass is 448 g/mol. The second-order valence-electron chi connectivity index (χ2n) is 6.68. The number of amides is 1. The number of methoxy groups -OCH3 is 1. The van der Waals surface area contributed by atoms with Crippen molar-refractivity contribution in [2.24, 2.45) is 0 Å². The predicted molar refractivity (Wildman–Crippen MR) is 115 cm³/mol. The topological polar surface area (TPSA) is 98.5 Å².